The van der Waals surface area contributed by atoms with Gasteiger partial charge in [0.25, 0.3) is 0 Å². The second-order valence-corrected chi connectivity index (χ2v) is 6.00. The van der Waals surface area contributed by atoms with Gasteiger partial charge in [-0.3, -0.25) is 4.79 Å². The highest BCUT2D eigenvalue weighted by molar-refractivity contribution is 9.10. The first-order chi connectivity index (χ1) is 8.27. The van der Waals surface area contributed by atoms with Crippen molar-refractivity contribution in [3.8, 4) is 0 Å². The molecule has 1 aliphatic heterocycles. The predicted octanol–water partition coefficient (Wildman–Crippen LogP) is 3.06. The fraction of sp³-hybridized carbons (Fsp3) is 0.500. The molecule has 0 unspecified atom stereocenters. The first-order valence-corrected chi connectivity index (χ1v) is 7.21. The molecule has 0 aromatic heterocycles. The number of halogens is 1. The number of hydrogen-bond acceptors (Lipinski definition) is 1. The summed E-state index contributed by atoms with van der Waals surface area (Å²) < 4.78 is 0. The van der Waals surface area contributed by atoms with Gasteiger partial charge in [-0.25, -0.2) is 0 Å². The number of fused-ring (bicyclic) bond motifs is 1. The Morgan fingerprint density at radius 3 is 2.82 bits per heavy atom. The Kier molecular flexibility index (Phi) is 2.95. The molecule has 0 saturated carbocycles. The molecule has 2 atom stereocenters. The van der Waals surface area contributed by atoms with Crippen molar-refractivity contribution in [1.82, 2.24) is 4.90 Å². The number of benzene rings is 1. The van der Waals surface area contributed by atoms with Crippen LogP contribution in [-0.4, -0.2) is 22.2 Å². The van der Waals surface area contributed by atoms with Gasteiger partial charge < -0.3 is 4.90 Å². The van der Waals surface area contributed by atoms with Crippen LogP contribution in [0.4, 0.5) is 0 Å². The molecule has 0 spiro atoms. The van der Waals surface area contributed by atoms with Gasteiger partial charge in [0.15, 0.2) is 0 Å². The molecule has 3 heteroatoms. The average molecular weight is 294 g/mol. The van der Waals surface area contributed by atoms with E-state index in [0.29, 0.717) is 6.04 Å². The van der Waals surface area contributed by atoms with E-state index in [1.165, 1.54) is 17.5 Å². The molecule has 1 amide bonds. The summed E-state index contributed by atoms with van der Waals surface area (Å²) in [4.78, 5) is 14.2. The Morgan fingerprint density at radius 1 is 1.24 bits per heavy atom. The van der Waals surface area contributed by atoms with Gasteiger partial charge in [0, 0.05) is 6.54 Å². The van der Waals surface area contributed by atoms with Crippen molar-refractivity contribution in [2.45, 2.75) is 36.6 Å². The van der Waals surface area contributed by atoms with E-state index >= 15 is 0 Å². The summed E-state index contributed by atoms with van der Waals surface area (Å²) in [5, 5.41) is 0. The number of amides is 1. The lowest BCUT2D eigenvalue weighted by molar-refractivity contribution is -0.129. The number of nitrogens with zero attached hydrogens (tertiary/aromatic N) is 1. The highest BCUT2D eigenvalue weighted by Gasteiger charge is 2.36. The summed E-state index contributed by atoms with van der Waals surface area (Å²) in [6.45, 7) is 0.897. The number of hydrogen-bond donors (Lipinski definition) is 0. The van der Waals surface area contributed by atoms with E-state index in [4.69, 9.17) is 0 Å². The van der Waals surface area contributed by atoms with Crippen LogP contribution >= 0.6 is 15.9 Å². The number of carbonyl (C=O) groups excluding carboxylic acids is 1. The van der Waals surface area contributed by atoms with E-state index < -0.39 is 0 Å². The molecule has 0 radical (unpaired) electrons. The second-order valence-electron chi connectivity index (χ2n) is 4.89. The first kappa shape index (κ1) is 11.3. The minimum atomic E-state index is 0.0385. The van der Waals surface area contributed by atoms with Gasteiger partial charge in [-0.05, 0) is 36.8 Å². The Labute approximate surface area is 110 Å². The maximum Gasteiger partial charge on any atom is 0.236 e. The predicted molar refractivity (Wildman–Crippen MR) is 71.2 cm³/mol. The minimum absolute atomic E-state index is 0.0385. The van der Waals surface area contributed by atoms with Gasteiger partial charge in [0.05, 0.1) is 10.9 Å². The van der Waals surface area contributed by atoms with Crippen LogP contribution in [0.3, 0.4) is 0 Å². The van der Waals surface area contributed by atoms with Crippen LogP contribution in [0, 0.1) is 0 Å². The molecular formula is C14H16BrNO. The molecule has 90 valence electrons. The van der Waals surface area contributed by atoms with E-state index in [1.54, 1.807) is 0 Å². The molecule has 0 bridgehead atoms. The average Bonchev–Trinajstić information content (AvgIpc) is 2.69. The maximum absolute atomic E-state index is 12.1. The summed E-state index contributed by atoms with van der Waals surface area (Å²) in [6.07, 6.45) is 4.41. The zero-order valence-electron chi connectivity index (χ0n) is 9.73. The number of rotatable bonds is 1. The van der Waals surface area contributed by atoms with Gasteiger partial charge in [0.2, 0.25) is 5.91 Å². The van der Waals surface area contributed by atoms with Gasteiger partial charge in [0.1, 0.15) is 0 Å². The van der Waals surface area contributed by atoms with Crippen molar-refractivity contribution in [1.29, 1.82) is 0 Å². The lowest BCUT2D eigenvalue weighted by atomic mass is 9.87. The molecule has 1 saturated heterocycles. The van der Waals surface area contributed by atoms with Crippen molar-refractivity contribution < 1.29 is 4.79 Å². The quantitative estimate of drug-likeness (QED) is 0.729. The number of alkyl halides is 1. The van der Waals surface area contributed by atoms with Crippen LogP contribution < -0.4 is 0 Å². The molecule has 1 fully saturated rings. The summed E-state index contributed by atoms with van der Waals surface area (Å²) in [5.74, 6) is 0.270. The number of aryl methyl sites for hydroxylation is 1. The van der Waals surface area contributed by atoms with E-state index in [-0.39, 0.29) is 10.7 Å². The lowest BCUT2D eigenvalue weighted by Crippen LogP contribution is -2.34. The highest BCUT2D eigenvalue weighted by atomic mass is 79.9. The van der Waals surface area contributed by atoms with Crippen molar-refractivity contribution in [2.24, 2.45) is 0 Å². The summed E-state index contributed by atoms with van der Waals surface area (Å²) in [7, 11) is 0. The summed E-state index contributed by atoms with van der Waals surface area (Å²) >= 11 is 3.46. The van der Waals surface area contributed by atoms with Crippen LogP contribution in [0.5, 0.6) is 0 Å². The van der Waals surface area contributed by atoms with Crippen LogP contribution in [0.1, 0.15) is 36.4 Å². The molecule has 2 nitrogen and oxygen atoms in total. The molecule has 2 aliphatic rings. The van der Waals surface area contributed by atoms with Crippen LogP contribution in [-0.2, 0) is 11.2 Å². The molecule has 1 aromatic rings. The molecule has 17 heavy (non-hydrogen) atoms. The van der Waals surface area contributed by atoms with Crippen molar-refractivity contribution >= 4 is 21.8 Å². The third-order valence-electron chi connectivity index (χ3n) is 3.89. The van der Waals surface area contributed by atoms with E-state index in [2.05, 4.69) is 45.1 Å². The van der Waals surface area contributed by atoms with Gasteiger partial charge >= 0.3 is 0 Å². The molecule has 0 N–H and O–H groups in total. The zero-order valence-corrected chi connectivity index (χ0v) is 11.3. The van der Waals surface area contributed by atoms with Crippen LogP contribution in [0.2, 0.25) is 0 Å². The molecule has 3 rings (SSSR count). The second kappa shape index (κ2) is 4.45. The van der Waals surface area contributed by atoms with Gasteiger partial charge in [-0.15, -0.1) is 0 Å². The Morgan fingerprint density at radius 2 is 2.06 bits per heavy atom. The monoisotopic (exact) mass is 293 g/mol. The van der Waals surface area contributed by atoms with Crippen molar-refractivity contribution in [3.05, 3.63) is 35.4 Å². The molecule has 1 aliphatic carbocycles. The largest absolute Gasteiger partial charge is 0.335 e. The van der Waals surface area contributed by atoms with Crippen LogP contribution in [0.15, 0.2) is 24.3 Å². The van der Waals surface area contributed by atoms with E-state index in [9.17, 15) is 4.79 Å². The fourth-order valence-electron chi connectivity index (χ4n) is 3.03. The molecular weight excluding hydrogens is 278 g/mol. The summed E-state index contributed by atoms with van der Waals surface area (Å²) in [6, 6.07) is 8.89. The fourth-order valence-corrected chi connectivity index (χ4v) is 3.50. The van der Waals surface area contributed by atoms with E-state index in [0.717, 1.165) is 25.8 Å². The highest BCUT2D eigenvalue weighted by Crippen LogP contribution is 2.37. The number of carbonyl (C=O) groups is 1. The normalized spacial score (nSPS) is 28.3. The third kappa shape index (κ3) is 1.90. The van der Waals surface area contributed by atoms with Crippen LogP contribution in [0.25, 0.3) is 0 Å². The van der Waals surface area contributed by atoms with Crippen molar-refractivity contribution in [2.75, 3.05) is 6.54 Å². The lowest BCUT2D eigenvalue weighted by Gasteiger charge is -2.33. The van der Waals surface area contributed by atoms with Gasteiger partial charge in [-0.1, -0.05) is 40.2 Å². The van der Waals surface area contributed by atoms with Gasteiger partial charge in [-0.2, -0.15) is 0 Å². The Hall–Kier alpha value is -0.830. The minimum Gasteiger partial charge on any atom is -0.335 e. The van der Waals surface area contributed by atoms with Crippen molar-refractivity contribution in [3.63, 3.8) is 0 Å². The topological polar surface area (TPSA) is 20.3 Å². The SMILES string of the molecule is O=C1[C@@H](Br)CCN1[C@H]1CCCc2ccccc21. The molecule has 1 heterocycles. The van der Waals surface area contributed by atoms with E-state index in [1.807, 2.05) is 0 Å². The smallest absolute Gasteiger partial charge is 0.236 e. The standard InChI is InChI=1S/C14H16BrNO/c15-12-8-9-16(14(12)17)13-7-3-5-10-4-1-2-6-11(10)13/h1-2,4,6,12-13H,3,5,7-9H2/t12-,13-/m0/s1. The number of likely N-dealkylation sites (tertiary alicyclic amines) is 1. The molecule has 1 aromatic carbocycles. The summed E-state index contributed by atoms with van der Waals surface area (Å²) in [5.41, 5.74) is 2.79. The third-order valence-corrected chi connectivity index (χ3v) is 4.74. The zero-order chi connectivity index (χ0) is 11.8. The maximum atomic E-state index is 12.1. The Bertz CT molecular complexity index is 446. The first-order valence-electron chi connectivity index (χ1n) is 6.30. The Balaban J connectivity index is 1.93.